The van der Waals surface area contributed by atoms with E-state index in [-0.39, 0.29) is 17.3 Å². The molecule has 0 N–H and O–H groups in total. The van der Waals surface area contributed by atoms with E-state index in [0.717, 1.165) is 0 Å². The molecule has 0 spiro atoms. The van der Waals surface area contributed by atoms with Gasteiger partial charge in [-0.05, 0) is 0 Å². The molecule has 0 unspecified atom stereocenters. The van der Waals surface area contributed by atoms with Gasteiger partial charge in [-0.15, -0.1) is 0 Å². The molecular formula is C11H17ClN4O2S. The Labute approximate surface area is 118 Å². The van der Waals surface area contributed by atoms with E-state index in [2.05, 4.69) is 16.5 Å². The molecule has 0 saturated heterocycles. The van der Waals surface area contributed by atoms with E-state index < -0.39 is 10.0 Å². The number of hydrogen-bond acceptors (Lipinski definition) is 5. The highest BCUT2D eigenvalue weighted by atomic mass is 35.5. The monoisotopic (exact) mass is 304 g/mol. The average molecular weight is 305 g/mol. The standard InChI is InChI=1S/C11H17ClN4O2S/c1-9(12)8-19(17,18)16(4)7-10-5-13-11(14-6-10)15(2)3/h5-6H,1,7-8H2,2-4H3. The molecule has 0 aliphatic heterocycles. The summed E-state index contributed by atoms with van der Waals surface area (Å²) in [7, 11) is 1.69. The highest BCUT2D eigenvalue weighted by Gasteiger charge is 2.19. The summed E-state index contributed by atoms with van der Waals surface area (Å²) in [5.41, 5.74) is 0.705. The Hall–Kier alpha value is -1.18. The Morgan fingerprint density at radius 3 is 2.26 bits per heavy atom. The molecule has 6 nitrogen and oxygen atoms in total. The van der Waals surface area contributed by atoms with Crippen molar-refractivity contribution in [2.75, 3.05) is 31.8 Å². The van der Waals surface area contributed by atoms with Gasteiger partial charge >= 0.3 is 0 Å². The lowest BCUT2D eigenvalue weighted by Gasteiger charge is -2.17. The molecule has 8 heteroatoms. The summed E-state index contributed by atoms with van der Waals surface area (Å²) in [6.45, 7) is 3.58. The van der Waals surface area contributed by atoms with Crippen LogP contribution in [0, 0.1) is 0 Å². The third-order valence-electron chi connectivity index (χ3n) is 2.31. The fraction of sp³-hybridized carbons (Fsp3) is 0.455. The molecule has 1 rings (SSSR count). The van der Waals surface area contributed by atoms with Crippen molar-refractivity contribution in [3.8, 4) is 0 Å². The molecule has 19 heavy (non-hydrogen) atoms. The van der Waals surface area contributed by atoms with Gasteiger partial charge in [0.15, 0.2) is 0 Å². The normalized spacial score (nSPS) is 11.6. The Balaban J connectivity index is 2.77. The number of nitrogens with zero attached hydrogens (tertiary/aromatic N) is 4. The second-order valence-corrected chi connectivity index (χ2v) is 6.93. The fourth-order valence-corrected chi connectivity index (χ4v) is 2.70. The van der Waals surface area contributed by atoms with Gasteiger partial charge in [0.25, 0.3) is 0 Å². The van der Waals surface area contributed by atoms with E-state index in [4.69, 9.17) is 11.6 Å². The van der Waals surface area contributed by atoms with Crippen molar-refractivity contribution in [1.82, 2.24) is 14.3 Å². The van der Waals surface area contributed by atoms with Gasteiger partial charge in [0.05, 0.1) is 5.75 Å². The fourth-order valence-electron chi connectivity index (χ4n) is 1.32. The summed E-state index contributed by atoms with van der Waals surface area (Å²) in [6.07, 6.45) is 3.20. The maximum absolute atomic E-state index is 11.9. The van der Waals surface area contributed by atoms with Gasteiger partial charge in [0, 0.05) is 50.7 Å². The van der Waals surface area contributed by atoms with Gasteiger partial charge in [-0.25, -0.2) is 22.7 Å². The zero-order chi connectivity index (χ0) is 14.6. The second-order valence-electron chi connectivity index (χ2n) is 4.32. The molecule has 1 aromatic rings. The number of halogens is 1. The van der Waals surface area contributed by atoms with Crippen LogP contribution in [0.1, 0.15) is 5.56 Å². The molecule has 1 heterocycles. The SMILES string of the molecule is C=C(Cl)CS(=O)(=O)N(C)Cc1cnc(N(C)C)nc1. The first-order valence-corrected chi connectivity index (χ1v) is 7.46. The van der Waals surface area contributed by atoms with Gasteiger partial charge in [-0.1, -0.05) is 18.2 Å². The second kappa shape index (κ2) is 6.31. The van der Waals surface area contributed by atoms with Crippen LogP contribution in [0.3, 0.4) is 0 Å². The van der Waals surface area contributed by atoms with Crippen LogP contribution in [0.5, 0.6) is 0 Å². The zero-order valence-corrected chi connectivity index (χ0v) is 12.7. The average Bonchev–Trinajstić information content (AvgIpc) is 2.27. The molecule has 1 aromatic heterocycles. The van der Waals surface area contributed by atoms with Crippen molar-refractivity contribution < 1.29 is 8.42 Å². The van der Waals surface area contributed by atoms with E-state index in [1.165, 1.54) is 11.4 Å². The smallest absolute Gasteiger partial charge is 0.224 e. The first-order valence-electron chi connectivity index (χ1n) is 5.48. The van der Waals surface area contributed by atoms with Crippen molar-refractivity contribution in [2.24, 2.45) is 0 Å². The summed E-state index contributed by atoms with van der Waals surface area (Å²) in [5.74, 6) is 0.296. The van der Waals surface area contributed by atoms with Crippen molar-refractivity contribution in [1.29, 1.82) is 0 Å². The molecule has 0 amide bonds. The summed E-state index contributed by atoms with van der Waals surface area (Å²) in [6, 6.07) is 0. The maximum atomic E-state index is 11.9. The van der Waals surface area contributed by atoms with E-state index in [9.17, 15) is 8.42 Å². The molecule has 0 aliphatic rings. The Morgan fingerprint density at radius 2 is 1.84 bits per heavy atom. The van der Waals surface area contributed by atoms with Crippen LogP contribution in [-0.4, -0.2) is 49.6 Å². The summed E-state index contributed by atoms with van der Waals surface area (Å²) in [4.78, 5) is 10.0. The minimum atomic E-state index is -3.45. The third-order valence-corrected chi connectivity index (χ3v) is 4.40. The van der Waals surface area contributed by atoms with Gasteiger partial charge in [0.2, 0.25) is 16.0 Å². The van der Waals surface area contributed by atoms with Crippen LogP contribution < -0.4 is 4.90 Å². The van der Waals surface area contributed by atoms with Crippen LogP contribution in [0.15, 0.2) is 24.0 Å². The van der Waals surface area contributed by atoms with E-state index >= 15 is 0 Å². The zero-order valence-electron chi connectivity index (χ0n) is 11.2. The van der Waals surface area contributed by atoms with Crippen molar-refractivity contribution >= 4 is 27.6 Å². The molecule has 0 fully saturated rings. The predicted octanol–water partition coefficient (Wildman–Crippen LogP) is 1.06. The third kappa shape index (κ3) is 4.77. The summed E-state index contributed by atoms with van der Waals surface area (Å²) < 4.78 is 24.9. The maximum Gasteiger partial charge on any atom is 0.224 e. The van der Waals surface area contributed by atoms with Crippen molar-refractivity contribution in [3.63, 3.8) is 0 Å². The number of aromatic nitrogens is 2. The van der Waals surface area contributed by atoms with Crippen LogP contribution >= 0.6 is 11.6 Å². The number of hydrogen-bond donors (Lipinski definition) is 0. The van der Waals surface area contributed by atoms with Crippen molar-refractivity contribution in [3.05, 3.63) is 29.6 Å². The quantitative estimate of drug-likeness (QED) is 0.786. The molecule has 0 radical (unpaired) electrons. The highest BCUT2D eigenvalue weighted by molar-refractivity contribution is 7.89. The molecule has 0 aliphatic carbocycles. The van der Waals surface area contributed by atoms with Crippen LogP contribution in [0.4, 0.5) is 5.95 Å². The molecular weight excluding hydrogens is 288 g/mol. The van der Waals surface area contributed by atoms with E-state index in [1.807, 2.05) is 14.1 Å². The first kappa shape index (κ1) is 15.9. The number of rotatable bonds is 6. The topological polar surface area (TPSA) is 66.4 Å². The predicted molar refractivity (Wildman–Crippen MR) is 76.6 cm³/mol. The largest absolute Gasteiger partial charge is 0.347 e. The van der Waals surface area contributed by atoms with Gasteiger partial charge in [0.1, 0.15) is 0 Å². The highest BCUT2D eigenvalue weighted by Crippen LogP contribution is 2.11. The Bertz CT molecular complexity index is 542. The minimum Gasteiger partial charge on any atom is -0.347 e. The Morgan fingerprint density at radius 1 is 1.32 bits per heavy atom. The lowest BCUT2D eigenvalue weighted by Crippen LogP contribution is -2.29. The van der Waals surface area contributed by atoms with E-state index in [1.54, 1.807) is 17.3 Å². The number of sulfonamides is 1. The van der Waals surface area contributed by atoms with Crippen LogP contribution in [-0.2, 0) is 16.6 Å². The van der Waals surface area contributed by atoms with Crippen LogP contribution in [0.2, 0.25) is 0 Å². The first-order chi connectivity index (χ1) is 8.72. The van der Waals surface area contributed by atoms with E-state index in [0.29, 0.717) is 11.5 Å². The molecule has 0 saturated carbocycles. The molecule has 0 atom stereocenters. The lowest BCUT2D eigenvalue weighted by atomic mass is 10.3. The lowest BCUT2D eigenvalue weighted by molar-refractivity contribution is 0.468. The van der Waals surface area contributed by atoms with Gasteiger partial charge in [-0.2, -0.15) is 0 Å². The van der Waals surface area contributed by atoms with Crippen LogP contribution in [0.25, 0.3) is 0 Å². The number of anilines is 1. The molecule has 0 bridgehead atoms. The Kier molecular flexibility index (Phi) is 5.28. The summed E-state index contributed by atoms with van der Waals surface area (Å²) in [5, 5.41) is 0.0889. The summed E-state index contributed by atoms with van der Waals surface area (Å²) >= 11 is 5.53. The minimum absolute atomic E-state index is 0.0889. The van der Waals surface area contributed by atoms with Gasteiger partial charge in [-0.3, -0.25) is 0 Å². The molecule has 0 aromatic carbocycles. The van der Waals surface area contributed by atoms with Gasteiger partial charge < -0.3 is 4.90 Å². The van der Waals surface area contributed by atoms with Crippen molar-refractivity contribution in [2.45, 2.75) is 6.54 Å². The molecule has 106 valence electrons.